The smallest absolute Gasteiger partial charge is 0.260 e. The van der Waals surface area contributed by atoms with Gasteiger partial charge in [-0.15, -0.1) is 0 Å². The zero-order valence-electron chi connectivity index (χ0n) is 9.78. The van der Waals surface area contributed by atoms with Crippen molar-refractivity contribution in [1.29, 1.82) is 0 Å². The number of benzene rings is 1. The second-order valence-electron chi connectivity index (χ2n) is 3.69. The van der Waals surface area contributed by atoms with Crippen molar-refractivity contribution < 1.29 is 18.0 Å². The second-order valence-corrected chi connectivity index (χ2v) is 3.69. The largest absolute Gasteiger partial charge is 0.398 e. The molecule has 0 radical (unpaired) electrons. The van der Waals surface area contributed by atoms with Gasteiger partial charge in [-0.3, -0.25) is 0 Å². The molecule has 96 valence electrons. The van der Waals surface area contributed by atoms with Gasteiger partial charge in [0.05, 0.1) is 5.56 Å². The van der Waals surface area contributed by atoms with Gasteiger partial charge in [0.25, 0.3) is 5.89 Å². The minimum atomic E-state index is -1.03. The van der Waals surface area contributed by atoms with Crippen molar-refractivity contribution in [2.75, 3.05) is 12.8 Å². The van der Waals surface area contributed by atoms with E-state index in [0.29, 0.717) is 5.82 Å². The van der Waals surface area contributed by atoms with E-state index >= 15 is 0 Å². The molecule has 0 aliphatic heterocycles. The molecule has 2 aromatic rings. The van der Waals surface area contributed by atoms with E-state index in [1.54, 1.807) is 6.92 Å². The van der Waals surface area contributed by atoms with Crippen molar-refractivity contribution in [3.8, 4) is 11.5 Å². The van der Waals surface area contributed by atoms with Crippen molar-refractivity contribution in [1.82, 2.24) is 10.1 Å². The van der Waals surface area contributed by atoms with Crippen molar-refractivity contribution in [2.24, 2.45) is 0 Å². The lowest BCUT2D eigenvalue weighted by molar-refractivity contribution is 0.109. The summed E-state index contributed by atoms with van der Waals surface area (Å²) < 4.78 is 36.0. The number of ether oxygens (including phenoxy) is 1. The highest BCUT2D eigenvalue weighted by atomic mass is 19.2. The molecular formula is C11H11F2N3O2. The van der Waals surface area contributed by atoms with Crippen LogP contribution in [0.3, 0.4) is 0 Å². The first-order chi connectivity index (χ1) is 8.52. The van der Waals surface area contributed by atoms with E-state index in [9.17, 15) is 8.78 Å². The summed E-state index contributed by atoms with van der Waals surface area (Å²) in [6.45, 7) is 1.73. The van der Waals surface area contributed by atoms with E-state index in [1.807, 2.05) is 0 Å². The molecule has 1 atom stereocenters. The number of anilines is 1. The van der Waals surface area contributed by atoms with Crippen LogP contribution in [0.15, 0.2) is 16.7 Å². The Kier molecular flexibility index (Phi) is 3.24. The van der Waals surface area contributed by atoms with Gasteiger partial charge in [0.1, 0.15) is 6.10 Å². The highest BCUT2D eigenvalue weighted by Crippen LogP contribution is 2.27. The third-order valence-electron chi connectivity index (χ3n) is 2.48. The third-order valence-corrected chi connectivity index (χ3v) is 2.48. The third kappa shape index (κ3) is 2.17. The monoisotopic (exact) mass is 255 g/mol. The fraction of sp³-hybridized carbons (Fsp3) is 0.273. The van der Waals surface area contributed by atoms with Crippen LogP contribution in [0.5, 0.6) is 0 Å². The van der Waals surface area contributed by atoms with Crippen molar-refractivity contribution in [3.63, 3.8) is 0 Å². The van der Waals surface area contributed by atoms with E-state index in [1.165, 1.54) is 7.11 Å². The molecule has 7 heteroatoms. The van der Waals surface area contributed by atoms with Gasteiger partial charge in [-0.2, -0.15) is 4.98 Å². The van der Waals surface area contributed by atoms with Crippen LogP contribution in [0.25, 0.3) is 11.5 Å². The summed E-state index contributed by atoms with van der Waals surface area (Å²) in [6, 6.07) is 1.79. The predicted molar refractivity (Wildman–Crippen MR) is 59.5 cm³/mol. The first kappa shape index (κ1) is 12.4. The van der Waals surface area contributed by atoms with E-state index in [-0.39, 0.29) is 23.2 Å². The highest BCUT2D eigenvalue weighted by Gasteiger charge is 2.18. The zero-order valence-corrected chi connectivity index (χ0v) is 9.78. The lowest BCUT2D eigenvalue weighted by Gasteiger charge is -2.02. The predicted octanol–water partition coefficient (Wildman–Crippen LogP) is 2.30. The van der Waals surface area contributed by atoms with Crippen molar-refractivity contribution in [3.05, 3.63) is 29.6 Å². The van der Waals surface area contributed by atoms with Crippen LogP contribution in [0, 0.1) is 11.6 Å². The number of rotatable bonds is 3. The number of nitrogens with two attached hydrogens (primary N) is 1. The molecule has 0 bridgehead atoms. The van der Waals surface area contributed by atoms with Gasteiger partial charge in [-0.1, -0.05) is 5.16 Å². The van der Waals surface area contributed by atoms with Crippen molar-refractivity contribution >= 4 is 5.69 Å². The van der Waals surface area contributed by atoms with Gasteiger partial charge in [0, 0.05) is 18.9 Å². The Morgan fingerprint density at radius 3 is 2.67 bits per heavy atom. The summed E-state index contributed by atoms with van der Waals surface area (Å²) in [6.07, 6.45) is -0.367. The molecule has 0 fully saturated rings. The number of hydrogen-bond acceptors (Lipinski definition) is 5. The summed E-state index contributed by atoms with van der Waals surface area (Å²) in [5.74, 6) is -1.73. The maximum absolute atomic E-state index is 13.1. The number of methoxy groups -OCH3 is 1. The number of nitrogens with zero attached hydrogens (tertiary/aromatic N) is 2. The highest BCUT2D eigenvalue weighted by molar-refractivity contribution is 5.70. The van der Waals surface area contributed by atoms with Gasteiger partial charge in [-0.25, -0.2) is 8.78 Å². The fourth-order valence-corrected chi connectivity index (χ4v) is 1.36. The lowest BCUT2D eigenvalue weighted by atomic mass is 10.1. The molecule has 1 heterocycles. The van der Waals surface area contributed by atoms with Gasteiger partial charge in [-0.05, 0) is 13.0 Å². The topological polar surface area (TPSA) is 74.2 Å². The Hall–Kier alpha value is -2.02. The van der Waals surface area contributed by atoms with Crippen LogP contribution < -0.4 is 5.73 Å². The Morgan fingerprint density at radius 2 is 2.00 bits per heavy atom. The lowest BCUT2D eigenvalue weighted by Crippen LogP contribution is -1.98. The molecule has 18 heavy (non-hydrogen) atoms. The molecular weight excluding hydrogens is 244 g/mol. The number of aromatic nitrogens is 2. The number of halogens is 2. The first-order valence-electron chi connectivity index (χ1n) is 5.14. The average Bonchev–Trinajstić information content (AvgIpc) is 2.82. The summed E-state index contributed by atoms with van der Waals surface area (Å²) in [5.41, 5.74) is 5.75. The van der Waals surface area contributed by atoms with Gasteiger partial charge in [0.15, 0.2) is 11.6 Å². The molecule has 0 aliphatic carbocycles. The van der Waals surface area contributed by atoms with Crippen molar-refractivity contribution in [2.45, 2.75) is 13.0 Å². The Morgan fingerprint density at radius 1 is 1.33 bits per heavy atom. The van der Waals surface area contributed by atoms with E-state index < -0.39 is 11.6 Å². The van der Waals surface area contributed by atoms with E-state index in [0.717, 1.165) is 12.1 Å². The molecule has 0 saturated heterocycles. The van der Waals surface area contributed by atoms with Crippen LogP contribution in [-0.4, -0.2) is 17.3 Å². The second kappa shape index (κ2) is 4.69. The minimum absolute atomic E-state index is 0.0188. The number of hydrogen-bond donors (Lipinski definition) is 1. The van der Waals surface area contributed by atoms with Crippen LogP contribution in [0.4, 0.5) is 14.5 Å². The molecule has 2 rings (SSSR count). The van der Waals surface area contributed by atoms with Gasteiger partial charge >= 0.3 is 0 Å². The molecule has 0 saturated carbocycles. The summed E-state index contributed by atoms with van der Waals surface area (Å²) >= 11 is 0. The molecule has 0 spiro atoms. The zero-order chi connectivity index (χ0) is 13.3. The van der Waals surface area contributed by atoms with Gasteiger partial charge in [0.2, 0.25) is 5.82 Å². The maximum atomic E-state index is 13.1. The van der Waals surface area contributed by atoms with E-state index in [2.05, 4.69) is 10.1 Å². The fourth-order valence-electron chi connectivity index (χ4n) is 1.36. The van der Waals surface area contributed by atoms with Crippen LogP contribution in [0.1, 0.15) is 18.9 Å². The Bertz CT molecular complexity index is 571. The standard InChI is InChI=1S/C11H11F2N3O2/c1-5(17-2)10-15-11(18-16-10)6-3-7(12)8(13)4-9(6)14/h3-5H,14H2,1-2H3. The first-order valence-corrected chi connectivity index (χ1v) is 5.14. The summed E-state index contributed by atoms with van der Waals surface area (Å²) in [7, 11) is 1.49. The molecule has 2 N–H and O–H groups in total. The summed E-state index contributed by atoms with van der Waals surface area (Å²) in [5, 5.41) is 3.67. The Labute approximate surface area is 102 Å². The summed E-state index contributed by atoms with van der Waals surface area (Å²) in [4.78, 5) is 4.01. The average molecular weight is 255 g/mol. The molecule has 5 nitrogen and oxygen atoms in total. The quantitative estimate of drug-likeness (QED) is 0.852. The minimum Gasteiger partial charge on any atom is -0.398 e. The van der Waals surface area contributed by atoms with Crippen LogP contribution in [-0.2, 0) is 4.74 Å². The molecule has 0 amide bonds. The van der Waals surface area contributed by atoms with Crippen LogP contribution >= 0.6 is 0 Å². The van der Waals surface area contributed by atoms with E-state index in [4.69, 9.17) is 15.0 Å². The molecule has 1 unspecified atom stereocenters. The van der Waals surface area contributed by atoms with Gasteiger partial charge < -0.3 is 15.0 Å². The molecule has 1 aromatic heterocycles. The SMILES string of the molecule is COC(C)c1noc(-c2cc(F)c(F)cc2N)n1. The molecule has 0 aliphatic rings. The van der Waals surface area contributed by atoms with Crippen LogP contribution in [0.2, 0.25) is 0 Å². The Balaban J connectivity index is 2.43. The normalized spacial score (nSPS) is 12.7. The molecule has 1 aromatic carbocycles. The maximum Gasteiger partial charge on any atom is 0.260 e. The number of nitrogen functional groups attached to an aromatic ring is 1.